The molecule has 1 heterocycles. The Balaban J connectivity index is 1.84. The van der Waals surface area contributed by atoms with Crippen LogP contribution in [0.3, 0.4) is 0 Å². The second-order valence-corrected chi connectivity index (χ2v) is 7.02. The van der Waals surface area contributed by atoms with Crippen molar-refractivity contribution in [2.45, 2.75) is 12.7 Å². The number of ether oxygens (including phenoxy) is 1. The topological polar surface area (TPSA) is 24.8 Å². The smallest absolute Gasteiger partial charge is 0.165 e. The zero-order chi connectivity index (χ0) is 18.5. The minimum atomic E-state index is -0.477. The first-order valence-electron chi connectivity index (χ1n) is 8.31. The van der Waals surface area contributed by atoms with Gasteiger partial charge in [-0.1, -0.05) is 19.1 Å². The van der Waals surface area contributed by atoms with E-state index in [0.717, 1.165) is 17.2 Å². The molecular formula is C20H20F2N2OS. The monoisotopic (exact) mass is 374 g/mol. The summed E-state index contributed by atoms with van der Waals surface area (Å²) in [6, 6.07) is 12.0. The molecule has 1 aliphatic rings. The van der Waals surface area contributed by atoms with Crippen LogP contribution in [0.4, 0.5) is 14.5 Å². The van der Waals surface area contributed by atoms with Crippen LogP contribution in [0.1, 0.15) is 18.1 Å². The number of hydrogen-bond acceptors (Lipinski definition) is 4. The summed E-state index contributed by atoms with van der Waals surface area (Å²) in [4.78, 5) is 6.12. The molecule has 0 amide bonds. The first-order valence-corrected chi connectivity index (χ1v) is 9.47. The van der Waals surface area contributed by atoms with Crippen LogP contribution in [0.5, 0.6) is 5.75 Å². The maximum absolute atomic E-state index is 14.7. The Hall–Kier alpha value is -2.34. The number of aliphatic imine (C=N–C) groups is 1. The molecule has 1 aliphatic heterocycles. The molecule has 26 heavy (non-hydrogen) atoms. The molecule has 0 spiro atoms. The molecule has 0 radical (unpaired) electrons. The number of allylic oxidation sites excluding steroid dienone is 1. The first-order chi connectivity index (χ1) is 12.6. The highest BCUT2D eigenvalue weighted by Gasteiger charge is 2.21. The van der Waals surface area contributed by atoms with Crippen LogP contribution in [-0.2, 0) is 5.75 Å². The van der Waals surface area contributed by atoms with Crippen LogP contribution >= 0.6 is 11.8 Å². The molecule has 0 fully saturated rings. The van der Waals surface area contributed by atoms with Crippen molar-refractivity contribution >= 4 is 23.2 Å². The summed E-state index contributed by atoms with van der Waals surface area (Å²) < 4.78 is 33.3. The van der Waals surface area contributed by atoms with Gasteiger partial charge in [0.05, 0.1) is 7.11 Å². The predicted molar refractivity (Wildman–Crippen MR) is 104 cm³/mol. The van der Waals surface area contributed by atoms with Gasteiger partial charge in [0.1, 0.15) is 23.9 Å². The van der Waals surface area contributed by atoms with Crippen molar-refractivity contribution in [3.05, 3.63) is 71.4 Å². The highest BCUT2D eigenvalue weighted by atomic mass is 32.2. The van der Waals surface area contributed by atoms with Crippen molar-refractivity contribution in [3.8, 4) is 5.75 Å². The first kappa shape index (κ1) is 18.5. The van der Waals surface area contributed by atoms with Crippen molar-refractivity contribution in [1.82, 2.24) is 0 Å². The van der Waals surface area contributed by atoms with Crippen LogP contribution in [0.15, 0.2) is 59.5 Å². The third-order valence-electron chi connectivity index (χ3n) is 4.01. The number of anilines is 1. The molecule has 0 saturated carbocycles. The quantitative estimate of drug-likeness (QED) is 0.698. The van der Waals surface area contributed by atoms with Gasteiger partial charge in [0.25, 0.3) is 0 Å². The fraction of sp³-hybridized carbons (Fsp3) is 0.250. The van der Waals surface area contributed by atoms with E-state index in [9.17, 15) is 8.78 Å². The summed E-state index contributed by atoms with van der Waals surface area (Å²) in [5.41, 5.74) is 2.70. The van der Waals surface area contributed by atoms with Gasteiger partial charge >= 0.3 is 0 Å². The van der Waals surface area contributed by atoms with Crippen molar-refractivity contribution in [2.24, 2.45) is 4.99 Å². The molecule has 3 nitrogen and oxygen atoms in total. The van der Waals surface area contributed by atoms with Crippen LogP contribution < -0.4 is 9.64 Å². The molecule has 136 valence electrons. The van der Waals surface area contributed by atoms with Gasteiger partial charge < -0.3 is 9.64 Å². The van der Waals surface area contributed by atoms with Gasteiger partial charge in [-0.3, -0.25) is 4.99 Å². The zero-order valence-electron chi connectivity index (χ0n) is 14.7. The average molecular weight is 374 g/mol. The number of rotatable bonds is 6. The Morgan fingerprint density at radius 3 is 2.77 bits per heavy atom. The van der Waals surface area contributed by atoms with Gasteiger partial charge in [-0.15, -0.1) is 0 Å². The fourth-order valence-electron chi connectivity index (χ4n) is 2.74. The summed E-state index contributed by atoms with van der Waals surface area (Å²) in [7, 11) is 1.43. The number of halogens is 2. The zero-order valence-corrected chi connectivity index (χ0v) is 15.5. The lowest BCUT2D eigenvalue weighted by Gasteiger charge is -2.24. The van der Waals surface area contributed by atoms with Crippen LogP contribution in [-0.4, -0.2) is 25.2 Å². The molecular weight excluding hydrogens is 354 g/mol. The van der Waals surface area contributed by atoms with E-state index < -0.39 is 11.6 Å². The largest absolute Gasteiger partial charge is 0.496 e. The standard InChI is InChI=1S/C20H20F2N2OS/c1-3-26-12-14-5-4-6-16(9-14)24-11-18(22)20(23-13-24)17-8-7-15(21)10-19(17)25-2/h4-11H,3,12-13H2,1-2H3. The molecule has 0 N–H and O–H groups in total. The molecule has 2 aromatic rings. The lowest BCUT2D eigenvalue weighted by atomic mass is 10.1. The van der Waals surface area contributed by atoms with Gasteiger partial charge in [0, 0.05) is 29.3 Å². The van der Waals surface area contributed by atoms with Crippen molar-refractivity contribution in [1.29, 1.82) is 0 Å². The number of thioether (sulfide) groups is 1. The minimum absolute atomic E-state index is 0.177. The van der Waals surface area contributed by atoms with E-state index >= 15 is 0 Å². The van der Waals surface area contributed by atoms with E-state index in [1.165, 1.54) is 37.1 Å². The molecule has 3 rings (SSSR count). The van der Waals surface area contributed by atoms with Gasteiger partial charge in [-0.2, -0.15) is 11.8 Å². The van der Waals surface area contributed by atoms with E-state index in [4.69, 9.17) is 4.74 Å². The lowest BCUT2D eigenvalue weighted by molar-refractivity contribution is 0.410. The minimum Gasteiger partial charge on any atom is -0.496 e. The molecule has 0 unspecified atom stereocenters. The lowest BCUT2D eigenvalue weighted by Crippen LogP contribution is -2.24. The Morgan fingerprint density at radius 1 is 1.19 bits per heavy atom. The summed E-state index contributed by atoms with van der Waals surface area (Å²) >= 11 is 1.84. The van der Waals surface area contributed by atoms with Crippen molar-refractivity contribution < 1.29 is 13.5 Å². The van der Waals surface area contributed by atoms with Gasteiger partial charge in [0.2, 0.25) is 0 Å². The fourth-order valence-corrected chi connectivity index (χ4v) is 3.36. The molecule has 0 saturated heterocycles. The third-order valence-corrected chi connectivity index (χ3v) is 4.96. The number of methoxy groups -OCH3 is 1. The molecule has 2 aromatic carbocycles. The maximum atomic E-state index is 14.7. The van der Waals surface area contributed by atoms with E-state index in [-0.39, 0.29) is 18.1 Å². The van der Waals surface area contributed by atoms with E-state index in [2.05, 4.69) is 18.0 Å². The van der Waals surface area contributed by atoms with Crippen molar-refractivity contribution in [3.63, 3.8) is 0 Å². The Labute approximate surface area is 156 Å². The summed E-state index contributed by atoms with van der Waals surface area (Å²) in [6.07, 6.45) is 1.43. The normalized spacial score (nSPS) is 14.1. The summed E-state index contributed by atoms with van der Waals surface area (Å²) in [5.74, 6) is 1.32. The highest BCUT2D eigenvalue weighted by molar-refractivity contribution is 7.98. The third kappa shape index (κ3) is 4.07. The molecule has 0 aliphatic carbocycles. The van der Waals surface area contributed by atoms with Crippen LogP contribution in [0.25, 0.3) is 0 Å². The Bertz CT molecular complexity index is 851. The second kappa shape index (κ2) is 8.36. The second-order valence-electron chi connectivity index (χ2n) is 5.75. The summed E-state index contributed by atoms with van der Waals surface area (Å²) in [6.45, 7) is 2.41. The van der Waals surface area contributed by atoms with Gasteiger partial charge in [-0.25, -0.2) is 8.78 Å². The van der Waals surface area contributed by atoms with Gasteiger partial charge in [-0.05, 0) is 35.6 Å². The molecule has 0 bridgehead atoms. The van der Waals surface area contributed by atoms with Crippen LogP contribution in [0.2, 0.25) is 0 Å². The van der Waals surface area contributed by atoms with Crippen LogP contribution in [0, 0.1) is 5.82 Å². The van der Waals surface area contributed by atoms with Crippen molar-refractivity contribution in [2.75, 3.05) is 24.4 Å². The van der Waals surface area contributed by atoms with E-state index in [1.807, 2.05) is 30.0 Å². The Kier molecular flexibility index (Phi) is 5.93. The molecule has 0 aromatic heterocycles. The predicted octanol–water partition coefficient (Wildman–Crippen LogP) is 5.17. The maximum Gasteiger partial charge on any atom is 0.165 e. The number of nitrogens with zero attached hydrogens (tertiary/aromatic N) is 2. The number of hydrogen-bond donors (Lipinski definition) is 0. The summed E-state index contributed by atoms with van der Waals surface area (Å²) in [5, 5.41) is 0. The molecule has 0 atom stereocenters. The molecule has 6 heteroatoms. The van der Waals surface area contributed by atoms with E-state index in [1.54, 1.807) is 4.90 Å². The SMILES string of the molecule is CCSCc1cccc(N2C=C(F)C(c3ccc(F)cc3OC)=NC2)c1. The van der Waals surface area contributed by atoms with E-state index in [0.29, 0.717) is 5.56 Å². The average Bonchev–Trinajstić information content (AvgIpc) is 2.66. The Morgan fingerprint density at radius 2 is 2.04 bits per heavy atom. The highest BCUT2D eigenvalue weighted by Crippen LogP contribution is 2.28. The number of benzene rings is 2. The van der Waals surface area contributed by atoms with Gasteiger partial charge in [0.15, 0.2) is 5.83 Å².